The summed E-state index contributed by atoms with van der Waals surface area (Å²) < 4.78 is 33.0. The average molecular weight is 424 g/mol. The molecule has 0 radical (unpaired) electrons. The second kappa shape index (κ2) is 8.93. The molecule has 2 heterocycles. The minimum absolute atomic E-state index is 0.000741. The van der Waals surface area contributed by atoms with E-state index in [-0.39, 0.29) is 11.7 Å². The molecule has 4 rings (SSSR count). The molecule has 0 N–H and O–H groups in total. The lowest BCUT2D eigenvalue weighted by Crippen LogP contribution is -2.40. The van der Waals surface area contributed by atoms with Crippen molar-refractivity contribution in [2.45, 2.75) is 24.5 Å². The molecule has 1 fully saturated rings. The smallest absolute Gasteiger partial charge is 0.218 e. The number of rotatable bonds is 6. The van der Waals surface area contributed by atoms with Crippen LogP contribution in [0.4, 0.5) is 0 Å². The normalized spacial score (nSPS) is 17.6. The average Bonchev–Trinajstić information content (AvgIpc) is 2.79. The van der Waals surface area contributed by atoms with Crippen LogP contribution in [-0.4, -0.2) is 42.9 Å². The van der Waals surface area contributed by atoms with E-state index < -0.39 is 10.0 Å². The van der Waals surface area contributed by atoms with E-state index in [0.717, 1.165) is 41.1 Å². The van der Waals surface area contributed by atoms with Gasteiger partial charge in [-0.15, -0.1) is 0 Å². The first kappa shape index (κ1) is 20.5. The summed E-state index contributed by atoms with van der Waals surface area (Å²) in [7, 11) is -1.77. The summed E-state index contributed by atoms with van der Waals surface area (Å²) >= 11 is 0. The predicted molar refractivity (Wildman–Crippen MR) is 117 cm³/mol. The monoisotopic (exact) mass is 423 g/mol. The second-order valence-electron chi connectivity index (χ2n) is 7.46. The summed E-state index contributed by atoms with van der Waals surface area (Å²) in [5.74, 6) is 0.767. The third kappa shape index (κ3) is 4.52. The summed E-state index contributed by atoms with van der Waals surface area (Å²) in [5, 5.41) is 0. The molecule has 1 unspecified atom stereocenters. The third-order valence-electron chi connectivity index (χ3n) is 5.43. The summed E-state index contributed by atoms with van der Waals surface area (Å²) in [5.41, 5.74) is 3.34. The van der Waals surface area contributed by atoms with Gasteiger partial charge in [-0.25, -0.2) is 12.7 Å². The Morgan fingerprint density at radius 3 is 2.67 bits per heavy atom. The Kier molecular flexibility index (Phi) is 6.11. The lowest BCUT2D eigenvalue weighted by molar-refractivity contribution is 0.312. The third-order valence-corrected chi connectivity index (χ3v) is 7.24. The summed E-state index contributed by atoms with van der Waals surface area (Å²) in [6.45, 7) is 0.964. The number of ether oxygens (including phenoxy) is 1. The molecule has 156 valence electrons. The van der Waals surface area contributed by atoms with Gasteiger partial charge in [0, 0.05) is 37.0 Å². The highest BCUT2D eigenvalue weighted by molar-refractivity contribution is 7.88. The Hall–Kier alpha value is -2.77. The van der Waals surface area contributed by atoms with Gasteiger partial charge in [-0.3, -0.25) is 9.97 Å². The topological polar surface area (TPSA) is 72.4 Å². The van der Waals surface area contributed by atoms with Crippen molar-refractivity contribution >= 4 is 10.0 Å². The Bertz CT molecular complexity index is 1100. The first-order valence-electron chi connectivity index (χ1n) is 10.0. The van der Waals surface area contributed by atoms with E-state index in [2.05, 4.69) is 9.97 Å². The van der Waals surface area contributed by atoms with Gasteiger partial charge in [-0.05, 0) is 30.5 Å². The molecule has 2 aromatic carbocycles. The Labute approximate surface area is 177 Å². The highest BCUT2D eigenvalue weighted by Gasteiger charge is 2.31. The van der Waals surface area contributed by atoms with Crippen LogP contribution >= 0.6 is 0 Å². The predicted octanol–water partition coefficient (Wildman–Crippen LogP) is 3.86. The summed E-state index contributed by atoms with van der Waals surface area (Å²) in [4.78, 5) is 9.18. The quantitative estimate of drug-likeness (QED) is 0.602. The van der Waals surface area contributed by atoms with Crippen LogP contribution in [0.25, 0.3) is 11.3 Å². The van der Waals surface area contributed by atoms with Gasteiger partial charge >= 0.3 is 0 Å². The lowest BCUT2D eigenvalue weighted by atomic mass is 9.92. The van der Waals surface area contributed by atoms with E-state index >= 15 is 0 Å². The number of hydrogen-bond donors (Lipinski definition) is 0. The summed E-state index contributed by atoms with van der Waals surface area (Å²) in [6.07, 6.45) is 5.03. The number of methoxy groups -OCH3 is 1. The van der Waals surface area contributed by atoms with Crippen LogP contribution in [0.15, 0.2) is 67.0 Å². The van der Waals surface area contributed by atoms with E-state index in [1.807, 2.05) is 54.6 Å². The maximum absolute atomic E-state index is 13.0. The van der Waals surface area contributed by atoms with Crippen LogP contribution in [0.1, 0.15) is 30.0 Å². The maximum atomic E-state index is 13.0. The van der Waals surface area contributed by atoms with Gasteiger partial charge in [-0.1, -0.05) is 42.5 Å². The molecule has 0 bridgehead atoms. The summed E-state index contributed by atoms with van der Waals surface area (Å²) in [6, 6.07) is 17.0. The minimum Gasteiger partial charge on any atom is -0.497 e. The number of sulfonamides is 1. The molecule has 1 aliphatic rings. The highest BCUT2D eigenvalue weighted by Crippen LogP contribution is 2.34. The minimum atomic E-state index is -3.40. The van der Waals surface area contributed by atoms with Crippen LogP contribution in [0.3, 0.4) is 0 Å². The molecule has 1 aliphatic heterocycles. The molecule has 30 heavy (non-hydrogen) atoms. The van der Waals surface area contributed by atoms with Gasteiger partial charge in [0.25, 0.3) is 0 Å². The molecule has 1 atom stereocenters. The molecule has 1 saturated heterocycles. The fourth-order valence-electron chi connectivity index (χ4n) is 3.93. The SMILES string of the molecule is COc1cccc(-c2nccnc2C2CCCN(S(=O)(=O)Cc3ccccc3)C2)c1. The highest BCUT2D eigenvalue weighted by atomic mass is 32.2. The van der Waals surface area contributed by atoms with Crippen LogP contribution < -0.4 is 4.74 Å². The zero-order valence-electron chi connectivity index (χ0n) is 16.9. The zero-order chi connectivity index (χ0) is 21.0. The molecule has 3 aromatic rings. The first-order valence-corrected chi connectivity index (χ1v) is 11.6. The number of aromatic nitrogens is 2. The van der Waals surface area contributed by atoms with E-state index in [1.54, 1.807) is 23.8 Å². The standard InChI is InChI=1S/C23H25N3O3S/c1-29-21-11-5-9-19(15-21)22-23(25-13-12-24-22)20-10-6-14-26(16-20)30(27,28)17-18-7-3-2-4-8-18/h2-5,7-9,11-13,15,20H,6,10,14,16-17H2,1H3. The van der Waals surface area contributed by atoms with Gasteiger partial charge < -0.3 is 4.74 Å². The van der Waals surface area contributed by atoms with Crippen molar-refractivity contribution in [1.82, 2.24) is 14.3 Å². The van der Waals surface area contributed by atoms with Crippen LogP contribution in [0.5, 0.6) is 5.75 Å². The van der Waals surface area contributed by atoms with Crippen molar-refractivity contribution in [3.05, 3.63) is 78.2 Å². The molecule has 0 aliphatic carbocycles. The number of nitrogens with zero attached hydrogens (tertiary/aromatic N) is 3. The molecule has 6 nitrogen and oxygen atoms in total. The van der Waals surface area contributed by atoms with Gasteiger partial charge in [0.2, 0.25) is 10.0 Å². The van der Waals surface area contributed by atoms with Crippen LogP contribution in [-0.2, 0) is 15.8 Å². The van der Waals surface area contributed by atoms with Crippen molar-refractivity contribution in [2.24, 2.45) is 0 Å². The molecular formula is C23H25N3O3S. The largest absolute Gasteiger partial charge is 0.497 e. The van der Waals surface area contributed by atoms with Gasteiger partial charge in [0.1, 0.15) is 5.75 Å². The molecule has 0 saturated carbocycles. The number of hydrogen-bond acceptors (Lipinski definition) is 5. The van der Waals surface area contributed by atoms with E-state index in [0.29, 0.717) is 13.1 Å². The molecular weight excluding hydrogens is 398 g/mol. The Balaban J connectivity index is 1.60. The van der Waals surface area contributed by atoms with Crippen LogP contribution in [0.2, 0.25) is 0 Å². The second-order valence-corrected chi connectivity index (χ2v) is 9.43. The van der Waals surface area contributed by atoms with E-state index in [1.165, 1.54) is 0 Å². The molecule has 7 heteroatoms. The van der Waals surface area contributed by atoms with Gasteiger partial charge in [-0.2, -0.15) is 0 Å². The van der Waals surface area contributed by atoms with Crippen LogP contribution in [0, 0.1) is 0 Å². The maximum Gasteiger partial charge on any atom is 0.218 e. The zero-order valence-corrected chi connectivity index (χ0v) is 17.8. The number of piperidine rings is 1. The van der Waals surface area contributed by atoms with Gasteiger partial charge in [0.05, 0.1) is 24.3 Å². The molecule has 0 amide bonds. The van der Waals surface area contributed by atoms with Crippen molar-refractivity contribution in [3.63, 3.8) is 0 Å². The van der Waals surface area contributed by atoms with E-state index in [4.69, 9.17) is 4.74 Å². The first-order chi connectivity index (χ1) is 14.6. The van der Waals surface area contributed by atoms with Crippen molar-refractivity contribution in [1.29, 1.82) is 0 Å². The van der Waals surface area contributed by atoms with Gasteiger partial charge in [0.15, 0.2) is 0 Å². The number of benzene rings is 2. The van der Waals surface area contributed by atoms with Crippen molar-refractivity contribution in [2.75, 3.05) is 20.2 Å². The van der Waals surface area contributed by atoms with Crippen molar-refractivity contribution < 1.29 is 13.2 Å². The van der Waals surface area contributed by atoms with E-state index in [9.17, 15) is 8.42 Å². The molecule has 0 spiro atoms. The molecule has 1 aromatic heterocycles. The lowest BCUT2D eigenvalue weighted by Gasteiger charge is -2.32. The Morgan fingerprint density at radius 2 is 1.87 bits per heavy atom. The fraction of sp³-hybridized carbons (Fsp3) is 0.304. The van der Waals surface area contributed by atoms with Crippen molar-refractivity contribution in [3.8, 4) is 17.0 Å². The Morgan fingerprint density at radius 1 is 1.07 bits per heavy atom. The fourth-order valence-corrected chi connectivity index (χ4v) is 5.55.